The molecule has 0 rings (SSSR count). The van der Waals surface area contributed by atoms with Crippen molar-refractivity contribution in [3.63, 3.8) is 0 Å². The third-order valence-corrected chi connectivity index (χ3v) is 3.12. The van der Waals surface area contributed by atoms with E-state index in [2.05, 4.69) is 13.8 Å². The van der Waals surface area contributed by atoms with E-state index < -0.39 is 14.8 Å². The van der Waals surface area contributed by atoms with Crippen molar-refractivity contribution >= 4 is 9.17 Å². The van der Waals surface area contributed by atoms with Crippen molar-refractivity contribution in [3.8, 4) is 0 Å². The SMILES string of the molecule is CCCCC(C)(CCCC)O[Si](=O)O. The van der Waals surface area contributed by atoms with Gasteiger partial charge in [0.05, 0.1) is 5.60 Å². The molecule has 0 spiro atoms. The Bertz CT molecular complexity index is 163. The summed E-state index contributed by atoms with van der Waals surface area (Å²) < 4.78 is 15.8. The molecule has 0 amide bonds. The quantitative estimate of drug-likeness (QED) is 0.637. The van der Waals surface area contributed by atoms with Crippen LogP contribution in [0.2, 0.25) is 0 Å². The molecule has 0 saturated carbocycles. The summed E-state index contributed by atoms with van der Waals surface area (Å²) in [5.41, 5.74) is -0.392. The molecule has 0 fully saturated rings. The lowest BCUT2D eigenvalue weighted by Crippen LogP contribution is -2.32. The van der Waals surface area contributed by atoms with Gasteiger partial charge in [-0.1, -0.05) is 26.7 Å². The number of rotatable bonds is 8. The van der Waals surface area contributed by atoms with E-state index in [4.69, 9.17) is 9.22 Å². The Morgan fingerprint density at radius 2 is 1.64 bits per heavy atom. The molecular formula is C10H22O3Si. The van der Waals surface area contributed by atoms with Crippen LogP contribution in [0, 0.1) is 0 Å². The van der Waals surface area contributed by atoms with Crippen LogP contribution in [0.25, 0.3) is 0 Å². The van der Waals surface area contributed by atoms with E-state index in [1.54, 1.807) is 0 Å². The van der Waals surface area contributed by atoms with E-state index in [-0.39, 0.29) is 0 Å². The fourth-order valence-electron chi connectivity index (χ4n) is 1.54. The lowest BCUT2D eigenvalue weighted by Gasteiger charge is -2.28. The second-order valence-electron chi connectivity index (χ2n) is 4.02. The Kier molecular flexibility index (Phi) is 6.79. The van der Waals surface area contributed by atoms with E-state index in [1.165, 1.54) is 0 Å². The summed E-state index contributed by atoms with van der Waals surface area (Å²) in [6.07, 6.45) is 6.04. The molecule has 0 aliphatic rings. The third-order valence-electron chi connectivity index (χ3n) is 2.45. The molecule has 0 radical (unpaired) electrons. The maximum Gasteiger partial charge on any atom is 0.765 e. The average molecular weight is 218 g/mol. The maximum absolute atomic E-state index is 10.7. The van der Waals surface area contributed by atoms with Gasteiger partial charge in [-0.05, 0) is 32.6 Å². The van der Waals surface area contributed by atoms with Crippen molar-refractivity contribution in [2.75, 3.05) is 0 Å². The Balaban J connectivity index is 4.09. The van der Waals surface area contributed by atoms with Gasteiger partial charge < -0.3 is 9.22 Å². The molecule has 14 heavy (non-hydrogen) atoms. The standard InChI is InChI=1S/C10H22O3Si/c1-4-6-8-10(3,9-7-5-2)13-14(11)12/h11H,4-9H2,1-3H3. The van der Waals surface area contributed by atoms with Crippen LogP contribution in [0.5, 0.6) is 0 Å². The highest BCUT2D eigenvalue weighted by molar-refractivity contribution is 6.24. The van der Waals surface area contributed by atoms with Crippen LogP contribution < -0.4 is 0 Å². The van der Waals surface area contributed by atoms with E-state index in [0.29, 0.717) is 0 Å². The summed E-state index contributed by atoms with van der Waals surface area (Å²) >= 11 is 0. The van der Waals surface area contributed by atoms with Gasteiger partial charge in [-0.15, -0.1) is 0 Å². The monoisotopic (exact) mass is 218 g/mol. The van der Waals surface area contributed by atoms with Gasteiger partial charge >= 0.3 is 9.17 Å². The first-order chi connectivity index (χ1) is 6.54. The zero-order valence-corrected chi connectivity index (χ0v) is 10.5. The summed E-state index contributed by atoms with van der Waals surface area (Å²) in [5, 5.41) is 0. The van der Waals surface area contributed by atoms with Crippen molar-refractivity contribution in [2.24, 2.45) is 0 Å². The van der Waals surface area contributed by atoms with Gasteiger partial charge in [0.15, 0.2) is 0 Å². The van der Waals surface area contributed by atoms with Crippen molar-refractivity contribution in [1.82, 2.24) is 0 Å². The van der Waals surface area contributed by atoms with Crippen LogP contribution in [-0.4, -0.2) is 19.6 Å². The first kappa shape index (κ1) is 13.6. The third kappa shape index (κ3) is 6.13. The second-order valence-corrected chi connectivity index (χ2v) is 4.76. The highest BCUT2D eigenvalue weighted by Crippen LogP contribution is 2.24. The molecule has 0 aliphatic carbocycles. The molecule has 0 atom stereocenters. The zero-order chi connectivity index (χ0) is 11.0. The molecule has 0 bridgehead atoms. The topological polar surface area (TPSA) is 46.5 Å². The molecule has 0 unspecified atom stereocenters. The van der Waals surface area contributed by atoms with Crippen LogP contribution in [-0.2, 0) is 8.89 Å². The fraction of sp³-hybridized carbons (Fsp3) is 1.00. The van der Waals surface area contributed by atoms with Gasteiger partial charge in [0.1, 0.15) is 0 Å². The van der Waals surface area contributed by atoms with Crippen LogP contribution in [0.1, 0.15) is 59.3 Å². The van der Waals surface area contributed by atoms with Gasteiger partial charge in [0, 0.05) is 0 Å². The van der Waals surface area contributed by atoms with Gasteiger partial charge in [-0.25, -0.2) is 0 Å². The van der Waals surface area contributed by atoms with Gasteiger partial charge in [-0.2, -0.15) is 0 Å². The first-order valence-electron chi connectivity index (χ1n) is 5.46. The summed E-state index contributed by atoms with van der Waals surface area (Å²) in [6.45, 7) is 6.17. The molecule has 0 saturated heterocycles. The number of hydrogen-bond donors (Lipinski definition) is 1. The smallest absolute Gasteiger partial charge is 0.511 e. The van der Waals surface area contributed by atoms with E-state index in [1.807, 2.05) is 6.92 Å². The van der Waals surface area contributed by atoms with E-state index in [0.717, 1.165) is 38.5 Å². The second kappa shape index (κ2) is 6.98. The highest BCUT2D eigenvalue weighted by atomic mass is 28.3. The number of unbranched alkanes of at least 4 members (excludes halogenated alkanes) is 2. The number of hydrogen-bond acceptors (Lipinski definition) is 2. The Labute approximate surface area is 88.4 Å². The maximum atomic E-state index is 10.7. The van der Waals surface area contributed by atoms with E-state index >= 15 is 0 Å². The molecule has 4 heteroatoms. The van der Waals surface area contributed by atoms with Crippen molar-refractivity contribution in [2.45, 2.75) is 64.9 Å². The molecule has 0 aromatic rings. The Hall–Kier alpha value is -0.383. The summed E-state index contributed by atoms with van der Waals surface area (Å²) in [7, 11) is -2.80. The zero-order valence-electron chi connectivity index (χ0n) is 9.51. The highest BCUT2D eigenvalue weighted by Gasteiger charge is 2.28. The molecule has 84 valence electrons. The van der Waals surface area contributed by atoms with Crippen LogP contribution in [0.15, 0.2) is 0 Å². The molecule has 0 heterocycles. The van der Waals surface area contributed by atoms with E-state index in [9.17, 15) is 4.46 Å². The van der Waals surface area contributed by atoms with Gasteiger partial charge in [-0.3, -0.25) is 4.46 Å². The fourth-order valence-corrected chi connectivity index (χ4v) is 2.16. The lowest BCUT2D eigenvalue weighted by atomic mass is 9.93. The average Bonchev–Trinajstić information content (AvgIpc) is 2.11. The summed E-state index contributed by atoms with van der Waals surface area (Å²) in [5.74, 6) is 0. The Morgan fingerprint density at radius 1 is 1.21 bits per heavy atom. The minimum atomic E-state index is -2.80. The molecule has 1 N–H and O–H groups in total. The van der Waals surface area contributed by atoms with Crippen LogP contribution in [0.4, 0.5) is 0 Å². The Morgan fingerprint density at radius 3 is 1.93 bits per heavy atom. The molecule has 0 aromatic heterocycles. The normalized spacial score (nSPS) is 11.4. The van der Waals surface area contributed by atoms with Crippen LogP contribution in [0.3, 0.4) is 0 Å². The lowest BCUT2D eigenvalue weighted by molar-refractivity contribution is 0.0337. The molecular weight excluding hydrogens is 196 g/mol. The molecule has 0 aromatic carbocycles. The first-order valence-corrected chi connectivity index (χ1v) is 6.72. The predicted octanol–water partition coefficient (Wildman–Crippen LogP) is 2.55. The van der Waals surface area contributed by atoms with Crippen molar-refractivity contribution in [3.05, 3.63) is 0 Å². The van der Waals surface area contributed by atoms with Gasteiger partial charge in [0.25, 0.3) is 0 Å². The largest absolute Gasteiger partial charge is 0.765 e. The summed E-state index contributed by atoms with van der Waals surface area (Å²) in [4.78, 5) is 8.81. The van der Waals surface area contributed by atoms with Crippen LogP contribution >= 0.6 is 0 Å². The summed E-state index contributed by atoms with van der Waals surface area (Å²) in [6, 6.07) is 0. The van der Waals surface area contributed by atoms with Gasteiger partial charge in [0.2, 0.25) is 0 Å². The van der Waals surface area contributed by atoms with Crippen molar-refractivity contribution < 1.29 is 13.7 Å². The predicted molar refractivity (Wildman–Crippen MR) is 57.2 cm³/mol. The minimum Gasteiger partial charge on any atom is -0.511 e. The molecule has 3 nitrogen and oxygen atoms in total. The molecule has 0 aliphatic heterocycles. The minimum absolute atomic E-state index is 0.392. The van der Waals surface area contributed by atoms with Crippen molar-refractivity contribution in [1.29, 1.82) is 0 Å².